The second kappa shape index (κ2) is 6.30. The first-order valence-electron chi connectivity index (χ1n) is 7.10. The fourth-order valence-corrected chi connectivity index (χ4v) is 3.17. The summed E-state index contributed by atoms with van der Waals surface area (Å²) >= 11 is 12.1. The molecule has 5 heteroatoms. The first-order valence-corrected chi connectivity index (χ1v) is 7.85. The van der Waals surface area contributed by atoms with Crippen LogP contribution < -0.4 is 10.1 Å². The molecule has 0 saturated carbocycles. The van der Waals surface area contributed by atoms with Crippen LogP contribution >= 0.6 is 23.2 Å². The molecule has 0 spiro atoms. The quantitative estimate of drug-likeness (QED) is 0.883. The molecule has 0 fully saturated rings. The second-order valence-corrected chi connectivity index (χ2v) is 5.92. The molecule has 1 unspecified atom stereocenters. The first kappa shape index (κ1) is 14.8. The van der Waals surface area contributed by atoms with Crippen molar-refractivity contribution in [3.63, 3.8) is 0 Å². The van der Waals surface area contributed by atoms with Crippen molar-refractivity contribution in [1.82, 2.24) is 5.32 Å². The van der Waals surface area contributed by atoms with E-state index in [-0.39, 0.29) is 6.04 Å². The van der Waals surface area contributed by atoms with Gasteiger partial charge in [-0.3, -0.25) is 0 Å². The SMILES string of the molecule is CCNC(Cc1cc(Cl)cc2c1OCC2)c1ccc(Cl)o1. The van der Waals surface area contributed by atoms with Crippen molar-refractivity contribution in [2.24, 2.45) is 0 Å². The molecule has 0 aliphatic carbocycles. The molecule has 112 valence electrons. The Morgan fingerprint density at radius 1 is 1.29 bits per heavy atom. The van der Waals surface area contributed by atoms with Gasteiger partial charge in [0.2, 0.25) is 0 Å². The number of hydrogen-bond donors (Lipinski definition) is 1. The molecule has 1 N–H and O–H groups in total. The first-order chi connectivity index (χ1) is 10.2. The monoisotopic (exact) mass is 325 g/mol. The topological polar surface area (TPSA) is 34.4 Å². The van der Waals surface area contributed by atoms with Crippen molar-refractivity contribution in [1.29, 1.82) is 0 Å². The average molecular weight is 326 g/mol. The summed E-state index contributed by atoms with van der Waals surface area (Å²) in [6.45, 7) is 3.63. The van der Waals surface area contributed by atoms with Gasteiger partial charge in [0.1, 0.15) is 11.5 Å². The molecule has 0 bridgehead atoms. The van der Waals surface area contributed by atoms with E-state index in [0.717, 1.165) is 48.1 Å². The predicted molar refractivity (Wildman–Crippen MR) is 84.5 cm³/mol. The number of benzene rings is 1. The van der Waals surface area contributed by atoms with Gasteiger partial charge in [0, 0.05) is 11.4 Å². The Balaban J connectivity index is 1.90. The maximum absolute atomic E-state index is 6.22. The van der Waals surface area contributed by atoms with Crippen LogP contribution in [0.3, 0.4) is 0 Å². The summed E-state index contributed by atoms with van der Waals surface area (Å²) in [5, 5.41) is 4.58. The molecule has 1 aromatic carbocycles. The molecule has 3 nitrogen and oxygen atoms in total. The van der Waals surface area contributed by atoms with Crippen molar-refractivity contribution < 1.29 is 9.15 Å². The van der Waals surface area contributed by atoms with Gasteiger partial charge in [-0.15, -0.1) is 0 Å². The van der Waals surface area contributed by atoms with Crippen LogP contribution in [-0.4, -0.2) is 13.2 Å². The van der Waals surface area contributed by atoms with Gasteiger partial charge in [-0.25, -0.2) is 0 Å². The largest absolute Gasteiger partial charge is 0.493 e. The number of nitrogens with one attached hydrogen (secondary N) is 1. The molecular weight excluding hydrogens is 309 g/mol. The Morgan fingerprint density at radius 3 is 2.86 bits per heavy atom. The second-order valence-electron chi connectivity index (χ2n) is 5.11. The molecule has 3 rings (SSSR count). The average Bonchev–Trinajstić information content (AvgIpc) is 3.06. The molecule has 1 atom stereocenters. The highest BCUT2D eigenvalue weighted by Gasteiger charge is 2.22. The van der Waals surface area contributed by atoms with Crippen LogP contribution in [0.25, 0.3) is 0 Å². The third-order valence-corrected chi connectivity index (χ3v) is 4.06. The van der Waals surface area contributed by atoms with Gasteiger partial charge in [-0.2, -0.15) is 0 Å². The van der Waals surface area contributed by atoms with Gasteiger partial charge in [0.05, 0.1) is 12.6 Å². The van der Waals surface area contributed by atoms with E-state index in [1.165, 1.54) is 5.56 Å². The fourth-order valence-electron chi connectivity index (χ4n) is 2.75. The Labute approximate surface area is 134 Å². The number of likely N-dealkylation sites (N-methyl/N-ethyl adjacent to an activating group) is 1. The summed E-state index contributed by atoms with van der Waals surface area (Å²) in [6, 6.07) is 7.68. The maximum Gasteiger partial charge on any atom is 0.193 e. The third kappa shape index (κ3) is 3.20. The minimum atomic E-state index is 0.0502. The zero-order chi connectivity index (χ0) is 14.8. The minimum absolute atomic E-state index is 0.0502. The van der Waals surface area contributed by atoms with E-state index < -0.39 is 0 Å². The summed E-state index contributed by atoms with van der Waals surface area (Å²) in [5.74, 6) is 1.80. The number of rotatable bonds is 5. The highest BCUT2D eigenvalue weighted by molar-refractivity contribution is 6.30. The molecule has 0 radical (unpaired) electrons. The van der Waals surface area contributed by atoms with E-state index >= 15 is 0 Å². The van der Waals surface area contributed by atoms with E-state index in [9.17, 15) is 0 Å². The molecule has 0 amide bonds. The zero-order valence-electron chi connectivity index (χ0n) is 11.8. The highest BCUT2D eigenvalue weighted by atomic mass is 35.5. The lowest BCUT2D eigenvalue weighted by molar-refractivity contribution is 0.349. The van der Waals surface area contributed by atoms with Crippen LogP contribution in [0.4, 0.5) is 0 Å². The van der Waals surface area contributed by atoms with Crippen LogP contribution in [-0.2, 0) is 12.8 Å². The summed E-state index contributed by atoms with van der Waals surface area (Å²) in [6.07, 6.45) is 1.67. The van der Waals surface area contributed by atoms with Gasteiger partial charge in [0.15, 0.2) is 5.22 Å². The lowest BCUT2D eigenvalue weighted by Gasteiger charge is -2.17. The molecule has 1 aliphatic heterocycles. The van der Waals surface area contributed by atoms with E-state index in [4.69, 9.17) is 32.4 Å². The fraction of sp³-hybridized carbons (Fsp3) is 0.375. The van der Waals surface area contributed by atoms with Crippen LogP contribution in [0, 0.1) is 0 Å². The smallest absolute Gasteiger partial charge is 0.193 e. The van der Waals surface area contributed by atoms with Crippen molar-refractivity contribution >= 4 is 23.2 Å². The van der Waals surface area contributed by atoms with Gasteiger partial charge >= 0.3 is 0 Å². The summed E-state index contributed by atoms with van der Waals surface area (Å²) < 4.78 is 11.3. The number of ether oxygens (including phenoxy) is 1. The maximum atomic E-state index is 6.22. The Morgan fingerprint density at radius 2 is 2.14 bits per heavy atom. The van der Waals surface area contributed by atoms with Crippen LogP contribution in [0.1, 0.15) is 29.9 Å². The molecule has 2 heterocycles. The van der Waals surface area contributed by atoms with E-state index in [1.807, 2.05) is 18.2 Å². The van der Waals surface area contributed by atoms with Gasteiger partial charge in [-0.1, -0.05) is 18.5 Å². The minimum Gasteiger partial charge on any atom is -0.493 e. The Hall–Kier alpha value is -1.16. The van der Waals surface area contributed by atoms with Crippen LogP contribution in [0.15, 0.2) is 28.7 Å². The third-order valence-electron chi connectivity index (χ3n) is 3.64. The van der Waals surface area contributed by atoms with Crippen LogP contribution in [0.2, 0.25) is 10.2 Å². The summed E-state index contributed by atoms with van der Waals surface area (Å²) in [7, 11) is 0. The number of furan rings is 1. The van der Waals surface area contributed by atoms with Crippen molar-refractivity contribution in [2.45, 2.75) is 25.8 Å². The molecule has 0 saturated heterocycles. The zero-order valence-corrected chi connectivity index (χ0v) is 13.3. The Bertz CT molecular complexity index is 639. The van der Waals surface area contributed by atoms with Crippen molar-refractivity contribution in [3.8, 4) is 5.75 Å². The molecule has 2 aromatic rings. The normalized spacial score (nSPS) is 14.8. The van der Waals surface area contributed by atoms with Gasteiger partial charge in [-0.05, 0) is 60.0 Å². The number of fused-ring (bicyclic) bond motifs is 1. The molecule has 1 aromatic heterocycles. The van der Waals surface area contributed by atoms with E-state index in [0.29, 0.717) is 5.22 Å². The standard InChI is InChI=1S/C16H17Cl2NO2/c1-2-19-13(14-3-4-15(18)21-14)9-11-8-12(17)7-10-5-6-20-16(10)11/h3-4,7-8,13,19H,2,5-6,9H2,1H3. The van der Waals surface area contributed by atoms with E-state index in [1.54, 1.807) is 6.07 Å². The molecule has 21 heavy (non-hydrogen) atoms. The van der Waals surface area contributed by atoms with E-state index in [2.05, 4.69) is 12.2 Å². The number of hydrogen-bond acceptors (Lipinski definition) is 3. The van der Waals surface area contributed by atoms with Crippen molar-refractivity contribution in [3.05, 3.63) is 51.4 Å². The molecule has 1 aliphatic rings. The lowest BCUT2D eigenvalue weighted by Crippen LogP contribution is -2.22. The Kier molecular flexibility index (Phi) is 4.43. The number of halogens is 2. The summed E-state index contributed by atoms with van der Waals surface area (Å²) in [4.78, 5) is 0. The van der Waals surface area contributed by atoms with Gasteiger partial charge < -0.3 is 14.5 Å². The van der Waals surface area contributed by atoms with Gasteiger partial charge in [0.25, 0.3) is 0 Å². The van der Waals surface area contributed by atoms with Crippen LogP contribution in [0.5, 0.6) is 5.75 Å². The lowest BCUT2D eigenvalue weighted by atomic mass is 10.00. The summed E-state index contributed by atoms with van der Waals surface area (Å²) in [5.41, 5.74) is 2.29. The predicted octanol–water partition coefficient (Wildman–Crippen LogP) is 4.41. The van der Waals surface area contributed by atoms with Crippen molar-refractivity contribution in [2.75, 3.05) is 13.2 Å². The highest BCUT2D eigenvalue weighted by Crippen LogP contribution is 2.35. The molecular formula is C16H17Cl2NO2.